The van der Waals surface area contributed by atoms with Crippen LogP contribution >= 0.6 is 11.6 Å². The van der Waals surface area contributed by atoms with Gasteiger partial charge in [-0.1, -0.05) is 17.7 Å². The third-order valence-corrected chi connectivity index (χ3v) is 3.99. The van der Waals surface area contributed by atoms with Crippen molar-refractivity contribution in [2.24, 2.45) is 0 Å². The van der Waals surface area contributed by atoms with E-state index in [-0.39, 0.29) is 10.9 Å². The Kier molecular flexibility index (Phi) is 3.55. The molecule has 5 heteroatoms. The number of carbonyl (C=O) groups excluding carboxylic acids is 1. The molecule has 0 bridgehead atoms. The summed E-state index contributed by atoms with van der Waals surface area (Å²) in [7, 11) is 0. The van der Waals surface area contributed by atoms with Crippen LogP contribution in [0.1, 0.15) is 22.3 Å². The Morgan fingerprint density at radius 1 is 1.29 bits per heavy atom. The van der Waals surface area contributed by atoms with E-state index >= 15 is 0 Å². The molecule has 1 aliphatic rings. The summed E-state index contributed by atoms with van der Waals surface area (Å²) in [6.45, 7) is 0.615. The zero-order valence-electron chi connectivity index (χ0n) is 11.3. The fraction of sp³-hybridized carbons (Fsp3) is 0.188. The second-order valence-electron chi connectivity index (χ2n) is 5.03. The highest BCUT2D eigenvalue weighted by atomic mass is 35.5. The number of anilines is 2. The molecule has 1 aliphatic heterocycles. The predicted molar refractivity (Wildman–Crippen MR) is 82.3 cm³/mol. The lowest BCUT2D eigenvalue weighted by Crippen LogP contribution is -2.35. The minimum Gasteiger partial charge on any atom is -0.398 e. The van der Waals surface area contributed by atoms with E-state index < -0.39 is 5.82 Å². The Bertz CT molecular complexity index is 717. The lowest BCUT2D eigenvalue weighted by atomic mass is 9.99. The number of amides is 1. The van der Waals surface area contributed by atoms with Crippen molar-refractivity contribution in [3.63, 3.8) is 0 Å². The summed E-state index contributed by atoms with van der Waals surface area (Å²) in [5.74, 6) is -0.722. The van der Waals surface area contributed by atoms with E-state index in [1.54, 1.807) is 4.90 Å². The number of halogens is 2. The first kappa shape index (κ1) is 13.9. The smallest absolute Gasteiger partial charge is 0.258 e. The van der Waals surface area contributed by atoms with Gasteiger partial charge in [-0.25, -0.2) is 4.39 Å². The summed E-state index contributed by atoms with van der Waals surface area (Å²) in [6, 6.07) is 9.57. The van der Waals surface area contributed by atoms with Crippen molar-refractivity contribution in [1.82, 2.24) is 0 Å². The zero-order valence-corrected chi connectivity index (χ0v) is 12.0. The van der Waals surface area contributed by atoms with Gasteiger partial charge in [-0.3, -0.25) is 4.79 Å². The van der Waals surface area contributed by atoms with Gasteiger partial charge in [0.15, 0.2) is 0 Å². The third-order valence-electron chi connectivity index (χ3n) is 3.70. The normalized spacial score (nSPS) is 13.9. The highest BCUT2D eigenvalue weighted by Gasteiger charge is 2.25. The predicted octanol–water partition coefficient (Wildman–Crippen LogP) is 3.65. The van der Waals surface area contributed by atoms with Gasteiger partial charge in [0.25, 0.3) is 5.91 Å². The molecule has 2 aromatic carbocycles. The first-order valence-corrected chi connectivity index (χ1v) is 7.10. The molecule has 21 heavy (non-hydrogen) atoms. The van der Waals surface area contributed by atoms with Crippen molar-refractivity contribution in [1.29, 1.82) is 0 Å². The largest absolute Gasteiger partial charge is 0.398 e. The molecule has 0 aromatic heterocycles. The fourth-order valence-corrected chi connectivity index (χ4v) is 2.83. The molecular weight excluding hydrogens is 291 g/mol. The number of hydrogen-bond donors (Lipinski definition) is 1. The average Bonchev–Trinajstić information content (AvgIpc) is 2.49. The molecule has 0 saturated carbocycles. The van der Waals surface area contributed by atoms with Crippen LogP contribution in [-0.2, 0) is 6.42 Å². The minimum atomic E-state index is -0.531. The summed E-state index contributed by atoms with van der Waals surface area (Å²) in [4.78, 5) is 14.3. The summed E-state index contributed by atoms with van der Waals surface area (Å²) >= 11 is 5.76. The zero-order chi connectivity index (χ0) is 15.0. The highest BCUT2D eigenvalue weighted by molar-refractivity contribution is 6.31. The van der Waals surface area contributed by atoms with E-state index in [1.807, 2.05) is 18.2 Å². The number of nitrogen functional groups attached to an aromatic ring is 1. The Labute approximate surface area is 127 Å². The monoisotopic (exact) mass is 304 g/mol. The van der Waals surface area contributed by atoms with Gasteiger partial charge in [0.2, 0.25) is 0 Å². The molecule has 1 amide bonds. The van der Waals surface area contributed by atoms with Crippen molar-refractivity contribution in [2.45, 2.75) is 12.8 Å². The lowest BCUT2D eigenvalue weighted by Gasteiger charge is -2.30. The van der Waals surface area contributed by atoms with Crippen LogP contribution in [0.4, 0.5) is 15.8 Å². The van der Waals surface area contributed by atoms with E-state index in [1.165, 1.54) is 18.2 Å². The van der Waals surface area contributed by atoms with Crippen LogP contribution in [0, 0.1) is 5.82 Å². The maximum absolute atomic E-state index is 13.2. The van der Waals surface area contributed by atoms with E-state index in [4.69, 9.17) is 17.3 Å². The van der Waals surface area contributed by atoms with Crippen LogP contribution in [0.25, 0.3) is 0 Å². The average molecular weight is 305 g/mol. The maximum atomic E-state index is 13.2. The molecule has 2 aromatic rings. The van der Waals surface area contributed by atoms with Crippen LogP contribution < -0.4 is 10.6 Å². The van der Waals surface area contributed by atoms with Crippen LogP contribution in [0.2, 0.25) is 5.02 Å². The number of nitrogens with two attached hydrogens (primary N) is 1. The molecule has 2 N–H and O–H groups in total. The Morgan fingerprint density at radius 2 is 2.10 bits per heavy atom. The van der Waals surface area contributed by atoms with Crippen LogP contribution in [0.5, 0.6) is 0 Å². The van der Waals surface area contributed by atoms with Gasteiger partial charge < -0.3 is 10.6 Å². The Morgan fingerprint density at radius 3 is 2.86 bits per heavy atom. The number of nitrogens with zero attached hydrogens (tertiary/aromatic N) is 1. The molecule has 3 rings (SSSR count). The van der Waals surface area contributed by atoms with Crippen LogP contribution in [0.3, 0.4) is 0 Å². The molecule has 0 spiro atoms. The van der Waals surface area contributed by atoms with E-state index in [0.29, 0.717) is 17.8 Å². The van der Waals surface area contributed by atoms with Crippen LogP contribution in [-0.4, -0.2) is 12.5 Å². The Balaban J connectivity index is 2.00. The van der Waals surface area contributed by atoms with Gasteiger partial charge in [-0.05, 0) is 48.7 Å². The van der Waals surface area contributed by atoms with Gasteiger partial charge in [-0.15, -0.1) is 0 Å². The number of benzene rings is 2. The number of carbonyl (C=O) groups is 1. The molecule has 0 radical (unpaired) electrons. The van der Waals surface area contributed by atoms with Gasteiger partial charge >= 0.3 is 0 Å². The Hall–Kier alpha value is -2.07. The summed E-state index contributed by atoms with van der Waals surface area (Å²) in [5, 5.41) is -0.0503. The van der Waals surface area contributed by atoms with E-state index in [0.717, 1.165) is 24.1 Å². The lowest BCUT2D eigenvalue weighted by molar-refractivity contribution is 0.0985. The molecule has 0 saturated heterocycles. The number of fused-ring (bicyclic) bond motifs is 1. The molecular formula is C16H14ClFN2O. The molecule has 0 atom stereocenters. The standard InChI is InChI=1S/C16H14ClFN2O/c17-12-9-10(6-7-13(12)18)16(21)20-8-2-3-11-14(19)4-1-5-15(11)20/h1,4-7,9H,2-3,8,19H2. The van der Waals surface area contributed by atoms with Gasteiger partial charge in [0, 0.05) is 23.5 Å². The summed E-state index contributed by atoms with van der Waals surface area (Å²) < 4.78 is 13.2. The second-order valence-corrected chi connectivity index (χ2v) is 5.44. The van der Waals surface area contributed by atoms with Gasteiger partial charge in [-0.2, -0.15) is 0 Å². The van der Waals surface area contributed by atoms with Gasteiger partial charge in [0.1, 0.15) is 5.82 Å². The topological polar surface area (TPSA) is 46.3 Å². The first-order valence-electron chi connectivity index (χ1n) is 6.72. The van der Waals surface area contributed by atoms with Crippen molar-refractivity contribution in [3.05, 3.63) is 58.4 Å². The maximum Gasteiger partial charge on any atom is 0.258 e. The van der Waals surface area contributed by atoms with E-state index in [9.17, 15) is 9.18 Å². The molecule has 0 aliphatic carbocycles. The van der Waals surface area contributed by atoms with Crippen molar-refractivity contribution in [2.75, 3.05) is 17.2 Å². The van der Waals surface area contributed by atoms with Gasteiger partial charge in [0.05, 0.1) is 5.02 Å². The highest BCUT2D eigenvalue weighted by Crippen LogP contribution is 2.32. The number of hydrogen-bond acceptors (Lipinski definition) is 2. The van der Waals surface area contributed by atoms with Crippen molar-refractivity contribution >= 4 is 28.9 Å². The third kappa shape index (κ3) is 2.47. The number of rotatable bonds is 1. The first-order chi connectivity index (χ1) is 10.1. The SMILES string of the molecule is Nc1cccc2c1CCCN2C(=O)c1ccc(F)c(Cl)c1. The van der Waals surface area contributed by atoms with Crippen LogP contribution in [0.15, 0.2) is 36.4 Å². The summed E-state index contributed by atoms with van der Waals surface area (Å²) in [6.07, 6.45) is 1.71. The quantitative estimate of drug-likeness (QED) is 0.817. The molecule has 0 fully saturated rings. The minimum absolute atomic E-state index is 0.0503. The fourth-order valence-electron chi connectivity index (χ4n) is 2.65. The molecule has 0 unspecified atom stereocenters. The molecule has 108 valence electrons. The van der Waals surface area contributed by atoms with E-state index in [2.05, 4.69) is 0 Å². The molecule has 3 nitrogen and oxygen atoms in total. The van der Waals surface area contributed by atoms with Crippen molar-refractivity contribution < 1.29 is 9.18 Å². The molecule has 1 heterocycles. The summed E-state index contributed by atoms with van der Waals surface area (Å²) in [5.41, 5.74) is 8.86. The second kappa shape index (κ2) is 5.37. The van der Waals surface area contributed by atoms with Crippen molar-refractivity contribution in [3.8, 4) is 0 Å².